The van der Waals surface area contributed by atoms with Gasteiger partial charge in [-0.1, -0.05) is 0 Å². The van der Waals surface area contributed by atoms with Crippen LogP contribution < -0.4 is 5.73 Å². The number of nitrogens with two attached hydrogens (primary N) is 1. The molecule has 1 aliphatic heterocycles. The molecule has 1 fully saturated rings. The maximum Gasteiger partial charge on any atom is 0.407 e. The Balaban J connectivity index is 2.49. The monoisotopic (exact) mass is 158 g/mol. The molecule has 1 saturated heterocycles. The summed E-state index contributed by atoms with van der Waals surface area (Å²) in [6.45, 7) is 0.375. The van der Waals surface area contributed by atoms with E-state index in [0.717, 1.165) is 4.90 Å². The van der Waals surface area contributed by atoms with Gasteiger partial charge in [0, 0.05) is 6.54 Å². The Bertz CT molecular complexity index is 192. The van der Waals surface area contributed by atoms with Crippen LogP contribution in [0.4, 0.5) is 4.79 Å². The number of hydrogen-bond donors (Lipinski definition) is 2. The summed E-state index contributed by atoms with van der Waals surface area (Å²) in [4.78, 5) is 22.3. The highest BCUT2D eigenvalue weighted by molar-refractivity contribution is 5.89. The van der Waals surface area contributed by atoms with Gasteiger partial charge in [0.05, 0.1) is 12.6 Å². The molecule has 0 aromatic heterocycles. The van der Waals surface area contributed by atoms with Crippen molar-refractivity contribution < 1.29 is 14.7 Å². The number of carbonyl (C=O) groups is 2. The number of carbonyl (C=O) groups excluding carboxylic acids is 1. The number of likely N-dealkylation sites (tertiary alicyclic amines) is 1. The number of nitrogens with zero attached hydrogens (tertiary/aromatic N) is 1. The highest BCUT2D eigenvalue weighted by atomic mass is 16.4. The predicted octanol–water partition coefficient (Wildman–Crippen LogP) is -0.734. The number of hydrogen-bond acceptors (Lipinski definition) is 3. The Morgan fingerprint density at radius 2 is 2.27 bits per heavy atom. The van der Waals surface area contributed by atoms with Gasteiger partial charge >= 0.3 is 6.09 Å². The Kier molecular flexibility index (Phi) is 2.09. The molecule has 0 aromatic carbocycles. The van der Waals surface area contributed by atoms with Crippen molar-refractivity contribution in [2.75, 3.05) is 13.1 Å². The van der Waals surface area contributed by atoms with Crippen LogP contribution in [0.3, 0.4) is 0 Å². The number of amides is 1. The number of rotatable bonds is 2. The molecule has 1 unspecified atom stereocenters. The van der Waals surface area contributed by atoms with Crippen molar-refractivity contribution in [1.82, 2.24) is 4.90 Å². The van der Waals surface area contributed by atoms with Crippen LogP contribution in [0, 0.1) is 0 Å². The minimum Gasteiger partial charge on any atom is -0.465 e. The highest BCUT2D eigenvalue weighted by Gasteiger charge is 2.36. The molecule has 0 bridgehead atoms. The first kappa shape index (κ1) is 8.00. The van der Waals surface area contributed by atoms with Gasteiger partial charge in [0.15, 0.2) is 5.78 Å². The molecular formula is C6H10N2O3. The lowest BCUT2D eigenvalue weighted by Gasteiger charge is -2.37. The minimum absolute atomic E-state index is 0.0750. The second-order valence-electron chi connectivity index (χ2n) is 2.45. The zero-order valence-corrected chi connectivity index (χ0v) is 5.99. The van der Waals surface area contributed by atoms with Gasteiger partial charge in [-0.25, -0.2) is 4.79 Å². The molecular weight excluding hydrogens is 148 g/mol. The highest BCUT2D eigenvalue weighted by Crippen LogP contribution is 2.17. The Morgan fingerprint density at radius 3 is 2.55 bits per heavy atom. The van der Waals surface area contributed by atoms with Crippen LogP contribution in [0.25, 0.3) is 0 Å². The van der Waals surface area contributed by atoms with Crippen molar-refractivity contribution in [3.8, 4) is 0 Å². The van der Waals surface area contributed by atoms with E-state index in [1.165, 1.54) is 0 Å². The summed E-state index contributed by atoms with van der Waals surface area (Å²) in [5.41, 5.74) is 5.08. The van der Waals surface area contributed by atoms with Gasteiger partial charge in [-0.15, -0.1) is 0 Å². The second-order valence-corrected chi connectivity index (χ2v) is 2.45. The van der Waals surface area contributed by atoms with Crippen LogP contribution in [-0.4, -0.2) is 41.0 Å². The van der Waals surface area contributed by atoms with Crippen LogP contribution in [0.5, 0.6) is 0 Å². The molecule has 11 heavy (non-hydrogen) atoms. The molecule has 0 aromatic rings. The van der Waals surface area contributed by atoms with Gasteiger partial charge in [0.2, 0.25) is 0 Å². The molecule has 1 atom stereocenters. The molecule has 1 amide bonds. The maximum atomic E-state index is 10.9. The zero-order chi connectivity index (χ0) is 8.43. The average Bonchev–Trinajstić information content (AvgIpc) is 1.83. The van der Waals surface area contributed by atoms with E-state index in [0.29, 0.717) is 13.0 Å². The van der Waals surface area contributed by atoms with Crippen molar-refractivity contribution >= 4 is 11.9 Å². The van der Waals surface area contributed by atoms with E-state index in [4.69, 9.17) is 10.8 Å². The summed E-state index contributed by atoms with van der Waals surface area (Å²) in [6.07, 6.45) is -0.425. The third kappa shape index (κ3) is 1.32. The van der Waals surface area contributed by atoms with Crippen molar-refractivity contribution in [2.45, 2.75) is 12.5 Å². The molecule has 5 nitrogen and oxygen atoms in total. The van der Waals surface area contributed by atoms with Crippen LogP contribution in [-0.2, 0) is 4.79 Å². The van der Waals surface area contributed by atoms with Gasteiger partial charge in [0.25, 0.3) is 0 Å². The van der Waals surface area contributed by atoms with Crippen molar-refractivity contribution in [3.05, 3.63) is 0 Å². The van der Waals surface area contributed by atoms with Crippen LogP contribution >= 0.6 is 0 Å². The molecule has 0 saturated carbocycles. The van der Waals surface area contributed by atoms with Gasteiger partial charge in [-0.2, -0.15) is 0 Å². The van der Waals surface area contributed by atoms with Gasteiger partial charge in [-0.05, 0) is 6.42 Å². The summed E-state index contributed by atoms with van der Waals surface area (Å²) in [6, 6.07) is -0.475. The second kappa shape index (κ2) is 2.87. The van der Waals surface area contributed by atoms with E-state index in [1.807, 2.05) is 0 Å². The molecule has 0 spiro atoms. The molecule has 62 valence electrons. The lowest BCUT2D eigenvalue weighted by Crippen LogP contribution is -2.56. The Hall–Kier alpha value is -1.10. The van der Waals surface area contributed by atoms with Crippen molar-refractivity contribution in [3.63, 3.8) is 0 Å². The van der Waals surface area contributed by atoms with E-state index in [-0.39, 0.29) is 12.3 Å². The van der Waals surface area contributed by atoms with Gasteiger partial charge < -0.3 is 10.8 Å². The summed E-state index contributed by atoms with van der Waals surface area (Å²) in [7, 11) is 0. The van der Waals surface area contributed by atoms with Crippen LogP contribution in [0.1, 0.15) is 6.42 Å². The normalized spacial score (nSPS) is 22.6. The van der Waals surface area contributed by atoms with E-state index in [2.05, 4.69) is 0 Å². The fraction of sp³-hybridized carbons (Fsp3) is 0.667. The first-order valence-electron chi connectivity index (χ1n) is 3.39. The topological polar surface area (TPSA) is 83.6 Å². The van der Waals surface area contributed by atoms with Gasteiger partial charge in [0.1, 0.15) is 0 Å². The summed E-state index contributed by atoms with van der Waals surface area (Å²) < 4.78 is 0. The summed E-state index contributed by atoms with van der Waals surface area (Å²) in [5, 5.41) is 8.48. The lowest BCUT2D eigenvalue weighted by molar-refractivity contribution is -0.125. The van der Waals surface area contributed by atoms with Crippen molar-refractivity contribution in [1.29, 1.82) is 0 Å². The van der Waals surface area contributed by atoms with Crippen molar-refractivity contribution in [2.24, 2.45) is 5.73 Å². The third-order valence-electron chi connectivity index (χ3n) is 1.84. The Labute approximate surface area is 63.8 Å². The van der Waals surface area contributed by atoms with Crippen LogP contribution in [0.2, 0.25) is 0 Å². The smallest absolute Gasteiger partial charge is 0.407 e. The number of carboxylic acid groups (broad SMARTS) is 1. The van der Waals surface area contributed by atoms with E-state index >= 15 is 0 Å². The minimum atomic E-state index is -1.04. The van der Waals surface area contributed by atoms with Gasteiger partial charge in [-0.3, -0.25) is 9.69 Å². The average molecular weight is 158 g/mol. The lowest BCUT2D eigenvalue weighted by atomic mass is 9.99. The third-order valence-corrected chi connectivity index (χ3v) is 1.84. The number of Topliss-reactive ketones (excluding diaryl/α,β-unsaturated/α-hetero) is 1. The zero-order valence-electron chi connectivity index (χ0n) is 5.99. The molecule has 1 rings (SSSR count). The van der Waals surface area contributed by atoms with E-state index in [9.17, 15) is 9.59 Å². The van der Waals surface area contributed by atoms with E-state index < -0.39 is 12.1 Å². The molecule has 3 N–H and O–H groups in total. The molecule has 1 heterocycles. The molecule has 5 heteroatoms. The fourth-order valence-electron chi connectivity index (χ4n) is 1.09. The summed E-state index contributed by atoms with van der Waals surface area (Å²) in [5.74, 6) is -0.196. The first-order chi connectivity index (χ1) is 5.16. The van der Waals surface area contributed by atoms with E-state index in [1.54, 1.807) is 0 Å². The maximum absolute atomic E-state index is 10.9. The molecule has 1 aliphatic rings. The fourth-order valence-corrected chi connectivity index (χ4v) is 1.09. The molecule has 0 aliphatic carbocycles. The largest absolute Gasteiger partial charge is 0.465 e. The molecule has 0 radical (unpaired) electrons. The quantitative estimate of drug-likeness (QED) is 0.554. The SMILES string of the molecule is NCC(=O)C1CCN1C(=O)O. The summed E-state index contributed by atoms with van der Waals surface area (Å²) >= 11 is 0. The first-order valence-corrected chi connectivity index (χ1v) is 3.39. The van der Waals surface area contributed by atoms with Crippen LogP contribution in [0.15, 0.2) is 0 Å². The standard InChI is InChI=1S/C6H10N2O3/c7-3-5(9)4-1-2-8(4)6(10)11/h4H,1-3,7H2,(H,10,11). The Morgan fingerprint density at radius 1 is 1.64 bits per heavy atom. The number of ketones is 1. The predicted molar refractivity (Wildman–Crippen MR) is 37.2 cm³/mol.